The van der Waals surface area contributed by atoms with E-state index in [4.69, 9.17) is 5.73 Å². The Labute approximate surface area is 146 Å². The van der Waals surface area contributed by atoms with Gasteiger partial charge in [0.25, 0.3) is 0 Å². The maximum absolute atomic E-state index is 5.68. The van der Waals surface area contributed by atoms with Crippen molar-refractivity contribution in [2.24, 2.45) is 0 Å². The third-order valence-corrected chi connectivity index (χ3v) is 4.22. The van der Waals surface area contributed by atoms with Crippen LogP contribution in [-0.4, -0.2) is 13.1 Å². The summed E-state index contributed by atoms with van der Waals surface area (Å²) < 4.78 is 0. The second-order valence-electron chi connectivity index (χ2n) is 6.46. The maximum atomic E-state index is 5.68. The van der Waals surface area contributed by atoms with Gasteiger partial charge in [-0.15, -0.1) is 0 Å². The zero-order valence-corrected chi connectivity index (χ0v) is 14.9. The van der Waals surface area contributed by atoms with Gasteiger partial charge in [-0.2, -0.15) is 0 Å². The number of nitrogens with two attached hydrogens (primary N) is 1. The molecule has 0 aliphatic rings. The lowest BCUT2D eigenvalue weighted by molar-refractivity contribution is 0.610. The highest BCUT2D eigenvalue weighted by molar-refractivity contribution is 5.51. The van der Waals surface area contributed by atoms with Gasteiger partial charge in [0.15, 0.2) is 0 Å². The first-order valence-electron chi connectivity index (χ1n) is 9.14. The van der Waals surface area contributed by atoms with E-state index in [9.17, 15) is 0 Å². The number of hydrogen-bond acceptors (Lipinski definition) is 3. The van der Waals surface area contributed by atoms with E-state index in [0.717, 1.165) is 24.5 Å². The van der Waals surface area contributed by atoms with E-state index in [2.05, 4.69) is 41.8 Å². The summed E-state index contributed by atoms with van der Waals surface area (Å²) in [5, 5.41) is 6.93. The minimum Gasteiger partial charge on any atom is -0.399 e. The fourth-order valence-corrected chi connectivity index (χ4v) is 2.69. The van der Waals surface area contributed by atoms with Crippen molar-refractivity contribution >= 4 is 17.1 Å². The highest BCUT2D eigenvalue weighted by Crippen LogP contribution is 2.12. The van der Waals surface area contributed by atoms with E-state index >= 15 is 0 Å². The number of unbranched alkanes of at least 4 members (excludes halogenated alkanes) is 5. The molecule has 0 atom stereocenters. The van der Waals surface area contributed by atoms with Crippen LogP contribution in [0.3, 0.4) is 0 Å². The normalized spacial score (nSPS) is 10.5. The van der Waals surface area contributed by atoms with Crippen LogP contribution < -0.4 is 16.4 Å². The van der Waals surface area contributed by atoms with Crippen LogP contribution in [0.25, 0.3) is 0 Å². The first kappa shape index (κ1) is 18.2. The molecule has 0 aromatic heterocycles. The monoisotopic (exact) mass is 325 g/mol. The molecule has 0 amide bonds. The third kappa shape index (κ3) is 7.40. The first-order valence-corrected chi connectivity index (χ1v) is 9.14. The molecular weight excluding hydrogens is 294 g/mol. The standard InChI is InChI=1S/C21H31N3/c1-18-8-12-20(13-9-18)23-16-6-4-2-3-5-7-17-24-21-14-10-19(22)11-15-21/h8-15,23-24H,2-7,16-17,22H2,1H3. The zero-order chi connectivity index (χ0) is 17.0. The molecule has 2 rings (SSSR count). The van der Waals surface area contributed by atoms with Crippen LogP contribution in [0.4, 0.5) is 17.1 Å². The predicted molar refractivity (Wildman–Crippen MR) is 107 cm³/mol. The van der Waals surface area contributed by atoms with Crippen molar-refractivity contribution in [2.75, 3.05) is 29.5 Å². The van der Waals surface area contributed by atoms with Crippen molar-refractivity contribution in [1.82, 2.24) is 0 Å². The summed E-state index contributed by atoms with van der Waals surface area (Å²) in [6.45, 7) is 4.23. The van der Waals surface area contributed by atoms with Gasteiger partial charge < -0.3 is 16.4 Å². The number of benzene rings is 2. The summed E-state index contributed by atoms with van der Waals surface area (Å²) in [5.74, 6) is 0. The van der Waals surface area contributed by atoms with Crippen LogP contribution >= 0.6 is 0 Å². The summed E-state index contributed by atoms with van der Waals surface area (Å²) in [7, 11) is 0. The Kier molecular flexibility index (Phi) is 8.02. The van der Waals surface area contributed by atoms with E-state index in [0.29, 0.717) is 0 Å². The van der Waals surface area contributed by atoms with Crippen LogP contribution in [-0.2, 0) is 0 Å². The lowest BCUT2D eigenvalue weighted by atomic mass is 10.1. The summed E-state index contributed by atoms with van der Waals surface area (Å²) in [6, 6.07) is 16.6. The molecule has 0 saturated carbocycles. The van der Waals surface area contributed by atoms with E-state index in [-0.39, 0.29) is 0 Å². The molecule has 0 fully saturated rings. The Balaban J connectivity index is 1.40. The number of hydrogen-bond donors (Lipinski definition) is 3. The van der Waals surface area contributed by atoms with Crippen LogP contribution in [0.15, 0.2) is 48.5 Å². The van der Waals surface area contributed by atoms with Crippen molar-refractivity contribution < 1.29 is 0 Å². The molecule has 2 aromatic carbocycles. The lowest BCUT2D eigenvalue weighted by Crippen LogP contribution is -2.02. The molecule has 3 nitrogen and oxygen atoms in total. The van der Waals surface area contributed by atoms with E-state index in [1.807, 2.05) is 24.3 Å². The largest absolute Gasteiger partial charge is 0.399 e. The Bertz CT molecular complexity index is 507. The van der Waals surface area contributed by atoms with Gasteiger partial charge >= 0.3 is 0 Å². The highest BCUT2D eigenvalue weighted by atomic mass is 14.9. The molecule has 3 heteroatoms. The van der Waals surface area contributed by atoms with Gasteiger partial charge in [-0.3, -0.25) is 0 Å². The topological polar surface area (TPSA) is 50.1 Å². The fourth-order valence-electron chi connectivity index (χ4n) is 2.69. The van der Waals surface area contributed by atoms with Crippen molar-refractivity contribution in [1.29, 1.82) is 0 Å². The van der Waals surface area contributed by atoms with Crippen LogP contribution in [0.1, 0.15) is 44.1 Å². The molecule has 0 heterocycles. The van der Waals surface area contributed by atoms with Gasteiger partial charge in [-0.25, -0.2) is 0 Å². The van der Waals surface area contributed by atoms with Gasteiger partial charge in [0.1, 0.15) is 0 Å². The molecule has 24 heavy (non-hydrogen) atoms. The molecule has 0 unspecified atom stereocenters. The lowest BCUT2D eigenvalue weighted by Gasteiger charge is -2.07. The summed E-state index contributed by atoms with van der Waals surface area (Å²) in [5.41, 5.74) is 10.2. The molecule has 0 saturated heterocycles. The van der Waals surface area contributed by atoms with Gasteiger partial charge in [-0.1, -0.05) is 43.4 Å². The van der Waals surface area contributed by atoms with Crippen LogP contribution in [0.5, 0.6) is 0 Å². The van der Waals surface area contributed by atoms with Crippen molar-refractivity contribution in [2.45, 2.75) is 45.4 Å². The highest BCUT2D eigenvalue weighted by Gasteiger charge is 1.95. The smallest absolute Gasteiger partial charge is 0.0341 e. The molecule has 0 bridgehead atoms. The average Bonchev–Trinajstić information content (AvgIpc) is 2.60. The average molecular weight is 326 g/mol. The molecule has 0 aliphatic heterocycles. The second-order valence-corrected chi connectivity index (χ2v) is 6.46. The number of rotatable bonds is 11. The number of aryl methyl sites for hydroxylation is 1. The molecule has 0 aliphatic carbocycles. The molecule has 0 radical (unpaired) electrons. The maximum Gasteiger partial charge on any atom is 0.0341 e. The van der Waals surface area contributed by atoms with Crippen molar-refractivity contribution in [3.05, 3.63) is 54.1 Å². The molecular formula is C21H31N3. The molecule has 2 aromatic rings. The number of anilines is 3. The van der Waals surface area contributed by atoms with Crippen molar-refractivity contribution in [3.63, 3.8) is 0 Å². The van der Waals surface area contributed by atoms with Gasteiger partial charge in [0.05, 0.1) is 0 Å². The Hall–Kier alpha value is -2.16. The molecule has 130 valence electrons. The zero-order valence-electron chi connectivity index (χ0n) is 14.9. The Morgan fingerprint density at radius 1 is 0.625 bits per heavy atom. The summed E-state index contributed by atoms with van der Waals surface area (Å²) >= 11 is 0. The van der Waals surface area contributed by atoms with E-state index in [1.54, 1.807) is 0 Å². The molecule has 0 spiro atoms. The number of nitrogen functional groups attached to an aromatic ring is 1. The summed E-state index contributed by atoms with van der Waals surface area (Å²) in [6.07, 6.45) is 7.74. The predicted octanol–water partition coefficient (Wildman–Crippen LogP) is 5.44. The Morgan fingerprint density at radius 2 is 1.04 bits per heavy atom. The quantitative estimate of drug-likeness (QED) is 0.381. The molecule has 4 N–H and O–H groups in total. The van der Waals surface area contributed by atoms with Crippen LogP contribution in [0, 0.1) is 6.92 Å². The fraction of sp³-hybridized carbons (Fsp3) is 0.429. The second kappa shape index (κ2) is 10.6. The number of nitrogens with one attached hydrogen (secondary N) is 2. The van der Waals surface area contributed by atoms with Crippen LogP contribution in [0.2, 0.25) is 0 Å². The van der Waals surface area contributed by atoms with Gasteiger partial charge in [0.2, 0.25) is 0 Å². The van der Waals surface area contributed by atoms with E-state index in [1.165, 1.54) is 49.8 Å². The minimum absolute atomic E-state index is 0.817. The Morgan fingerprint density at radius 3 is 1.54 bits per heavy atom. The van der Waals surface area contributed by atoms with Crippen molar-refractivity contribution in [3.8, 4) is 0 Å². The summed E-state index contributed by atoms with van der Waals surface area (Å²) in [4.78, 5) is 0. The minimum atomic E-state index is 0.817. The van der Waals surface area contributed by atoms with E-state index < -0.39 is 0 Å². The first-order chi connectivity index (χ1) is 11.7. The third-order valence-electron chi connectivity index (χ3n) is 4.22. The van der Waals surface area contributed by atoms with Gasteiger partial charge in [0, 0.05) is 30.2 Å². The SMILES string of the molecule is Cc1ccc(NCCCCCCCCNc2ccc(N)cc2)cc1. The van der Waals surface area contributed by atoms with Gasteiger partial charge in [-0.05, 0) is 56.2 Å².